The van der Waals surface area contributed by atoms with Gasteiger partial charge in [0.15, 0.2) is 0 Å². The molecule has 0 fully saturated rings. The number of nitrogens with two attached hydrogens (primary N) is 1. The lowest BCUT2D eigenvalue weighted by Crippen LogP contribution is -2.13. The van der Waals surface area contributed by atoms with E-state index in [-0.39, 0.29) is 18.4 Å². The monoisotopic (exact) mass is 397 g/mol. The summed E-state index contributed by atoms with van der Waals surface area (Å²) in [6.07, 6.45) is 0.722. The van der Waals surface area contributed by atoms with E-state index in [4.69, 9.17) is 21.8 Å². The van der Waals surface area contributed by atoms with Crippen molar-refractivity contribution in [3.05, 3.63) is 94.7 Å². The standard InChI is InChI=1S/C23H20ClNO.ClH/c1-15-7-12-21-19(13-15)22(17-8-10-18(24)11-9-17)23(26-21)20(25)14-16-5-3-2-4-6-16;/h2-13,20H,14,25H2,1H3;1H. The summed E-state index contributed by atoms with van der Waals surface area (Å²) in [4.78, 5) is 0. The van der Waals surface area contributed by atoms with E-state index in [9.17, 15) is 0 Å². The minimum absolute atomic E-state index is 0. The van der Waals surface area contributed by atoms with Gasteiger partial charge in [-0.2, -0.15) is 0 Å². The second-order valence-electron chi connectivity index (χ2n) is 6.64. The average molecular weight is 398 g/mol. The summed E-state index contributed by atoms with van der Waals surface area (Å²) in [5.41, 5.74) is 11.9. The molecule has 0 saturated heterocycles. The molecule has 4 aromatic rings. The van der Waals surface area contributed by atoms with Gasteiger partial charge in [0.05, 0.1) is 6.04 Å². The van der Waals surface area contributed by atoms with E-state index in [0.29, 0.717) is 5.02 Å². The van der Waals surface area contributed by atoms with Crippen molar-refractivity contribution in [1.29, 1.82) is 0 Å². The molecule has 4 heteroatoms. The van der Waals surface area contributed by atoms with Gasteiger partial charge in [-0.25, -0.2) is 0 Å². The highest BCUT2D eigenvalue weighted by atomic mass is 35.5. The zero-order chi connectivity index (χ0) is 18.1. The number of hydrogen-bond donors (Lipinski definition) is 1. The highest BCUT2D eigenvalue weighted by Crippen LogP contribution is 2.39. The van der Waals surface area contributed by atoms with E-state index in [0.717, 1.165) is 34.3 Å². The summed E-state index contributed by atoms with van der Waals surface area (Å²) in [7, 11) is 0. The lowest BCUT2D eigenvalue weighted by molar-refractivity contribution is 0.496. The third-order valence-corrected chi connectivity index (χ3v) is 4.89. The van der Waals surface area contributed by atoms with Crippen LogP contribution in [0.25, 0.3) is 22.1 Å². The molecule has 138 valence electrons. The normalized spacial score (nSPS) is 12.0. The van der Waals surface area contributed by atoms with Crippen molar-refractivity contribution in [3.8, 4) is 11.1 Å². The predicted octanol–water partition coefficient (Wildman–Crippen LogP) is 6.73. The fourth-order valence-electron chi connectivity index (χ4n) is 3.37. The van der Waals surface area contributed by atoms with Crippen molar-refractivity contribution in [2.75, 3.05) is 0 Å². The highest BCUT2D eigenvalue weighted by Gasteiger charge is 2.21. The van der Waals surface area contributed by atoms with Crippen LogP contribution in [-0.4, -0.2) is 0 Å². The fraction of sp³-hybridized carbons (Fsp3) is 0.130. The summed E-state index contributed by atoms with van der Waals surface area (Å²) in [5.74, 6) is 0.816. The smallest absolute Gasteiger partial charge is 0.135 e. The van der Waals surface area contributed by atoms with E-state index in [1.807, 2.05) is 48.5 Å². The Balaban J connectivity index is 0.00000210. The maximum atomic E-state index is 6.58. The molecule has 1 heterocycles. The Hall–Kier alpha value is -2.26. The first-order valence-corrected chi connectivity index (χ1v) is 9.08. The van der Waals surface area contributed by atoms with E-state index in [2.05, 4.69) is 31.2 Å². The third kappa shape index (κ3) is 4.03. The fourth-order valence-corrected chi connectivity index (χ4v) is 3.49. The summed E-state index contributed by atoms with van der Waals surface area (Å²) < 4.78 is 6.21. The zero-order valence-electron chi connectivity index (χ0n) is 15.0. The molecule has 0 aliphatic heterocycles. The van der Waals surface area contributed by atoms with Gasteiger partial charge in [0.1, 0.15) is 11.3 Å². The molecule has 1 atom stereocenters. The topological polar surface area (TPSA) is 39.2 Å². The summed E-state index contributed by atoms with van der Waals surface area (Å²) in [6.45, 7) is 2.08. The summed E-state index contributed by atoms with van der Waals surface area (Å²) in [5, 5.41) is 1.80. The van der Waals surface area contributed by atoms with Gasteiger partial charge >= 0.3 is 0 Å². The maximum Gasteiger partial charge on any atom is 0.135 e. The number of halogens is 2. The van der Waals surface area contributed by atoms with E-state index in [1.54, 1.807) is 0 Å². The van der Waals surface area contributed by atoms with Crippen molar-refractivity contribution in [1.82, 2.24) is 0 Å². The Kier molecular flexibility index (Phi) is 5.91. The summed E-state index contributed by atoms with van der Waals surface area (Å²) in [6, 6.07) is 24.1. The highest BCUT2D eigenvalue weighted by molar-refractivity contribution is 6.30. The average Bonchev–Trinajstić information content (AvgIpc) is 3.02. The molecule has 0 saturated carbocycles. The predicted molar refractivity (Wildman–Crippen MR) is 116 cm³/mol. The van der Waals surface area contributed by atoms with Crippen LogP contribution in [-0.2, 0) is 6.42 Å². The van der Waals surface area contributed by atoms with Crippen molar-refractivity contribution in [3.63, 3.8) is 0 Å². The first-order valence-electron chi connectivity index (χ1n) is 8.70. The molecule has 27 heavy (non-hydrogen) atoms. The molecular formula is C23H21Cl2NO. The first kappa shape index (κ1) is 19.5. The van der Waals surface area contributed by atoms with Gasteiger partial charge in [-0.15, -0.1) is 12.4 Å². The van der Waals surface area contributed by atoms with Gasteiger partial charge in [-0.3, -0.25) is 0 Å². The van der Waals surface area contributed by atoms with Crippen molar-refractivity contribution in [2.24, 2.45) is 5.73 Å². The zero-order valence-corrected chi connectivity index (χ0v) is 16.6. The van der Waals surface area contributed by atoms with Gasteiger partial charge < -0.3 is 10.2 Å². The number of furan rings is 1. The molecule has 0 aliphatic rings. The van der Waals surface area contributed by atoms with Gasteiger partial charge in [0.2, 0.25) is 0 Å². The molecular weight excluding hydrogens is 377 g/mol. The Bertz CT molecular complexity index is 1040. The molecule has 2 N–H and O–H groups in total. The van der Waals surface area contributed by atoms with Crippen LogP contribution in [0.3, 0.4) is 0 Å². The minimum Gasteiger partial charge on any atom is -0.459 e. The molecule has 1 aromatic heterocycles. The van der Waals surface area contributed by atoms with Crippen LogP contribution >= 0.6 is 24.0 Å². The maximum absolute atomic E-state index is 6.58. The van der Waals surface area contributed by atoms with E-state index >= 15 is 0 Å². The molecule has 1 unspecified atom stereocenters. The largest absolute Gasteiger partial charge is 0.459 e. The number of fused-ring (bicyclic) bond motifs is 1. The molecule has 0 spiro atoms. The molecule has 4 rings (SSSR count). The van der Waals surface area contributed by atoms with Crippen molar-refractivity contribution < 1.29 is 4.42 Å². The van der Waals surface area contributed by atoms with Crippen LogP contribution < -0.4 is 5.73 Å². The molecule has 3 aromatic carbocycles. The van der Waals surface area contributed by atoms with E-state index in [1.165, 1.54) is 11.1 Å². The quantitative estimate of drug-likeness (QED) is 0.414. The van der Waals surface area contributed by atoms with Crippen LogP contribution in [0.15, 0.2) is 77.2 Å². The minimum atomic E-state index is -0.226. The molecule has 2 nitrogen and oxygen atoms in total. The number of hydrogen-bond acceptors (Lipinski definition) is 2. The van der Waals surface area contributed by atoms with Gasteiger partial charge in [0, 0.05) is 16.0 Å². The molecule has 0 bridgehead atoms. The van der Waals surface area contributed by atoms with Crippen LogP contribution in [0.1, 0.15) is 22.9 Å². The van der Waals surface area contributed by atoms with Crippen LogP contribution in [0.2, 0.25) is 5.02 Å². The lowest BCUT2D eigenvalue weighted by Gasteiger charge is -2.12. The van der Waals surface area contributed by atoms with Crippen LogP contribution in [0.4, 0.5) is 0 Å². The molecule has 0 amide bonds. The first-order chi connectivity index (χ1) is 12.6. The third-order valence-electron chi connectivity index (χ3n) is 4.64. The van der Waals surface area contributed by atoms with Gasteiger partial charge in [-0.1, -0.05) is 65.7 Å². The van der Waals surface area contributed by atoms with Gasteiger partial charge in [0.25, 0.3) is 0 Å². The van der Waals surface area contributed by atoms with Gasteiger partial charge in [-0.05, 0) is 48.7 Å². The number of benzene rings is 3. The Morgan fingerprint density at radius 1 is 0.963 bits per heavy atom. The Morgan fingerprint density at radius 3 is 2.37 bits per heavy atom. The Morgan fingerprint density at radius 2 is 1.67 bits per heavy atom. The lowest BCUT2D eigenvalue weighted by atomic mass is 9.96. The number of aryl methyl sites for hydroxylation is 1. The van der Waals surface area contributed by atoms with Crippen LogP contribution in [0, 0.1) is 6.92 Å². The Labute approximate surface area is 170 Å². The second kappa shape index (κ2) is 8.18. The van der Waals surface area contributed by atoms with Crippen molar-refractivity contribution >= 4 is 35.0 Å². The van der Waals surface area contributed by atoms with Crippen LogP contribution in [0.5, 0.6) is 0 Å². The second-order valence-corrected chi connectivity index (χ2v) is 7.08. The molecule has 0 aliphatic carbocycles. The van der Waals surface area contributed by atoms with E-state index < -0.39 is 0 Å². The SMILES string of the molecule is Cc1ccc2oc(C(N)Cc3ccccc3)c(-c3ccc(Cl)cc3)c2c1.Cl. The number of rotatable bonds is 4. The summed E-state index contributed by atoms with van der Waals surface area (Å²) >= 11 is 6.08. The van der Waals surface area contributed by atoms with Crippen molar-refractivity contribution in [2.45, 2.75) is 19.4 Å². The molecule has 0 radical (unpaired) electrons.